The zero-order valence-electron chi connectivity index (χ0n) is 16.6. The van der Waals surface area contributed by atoms with Crippen molar-refractivity contribution in [1.82, 2.24) is 4.57 Å². The highest BCUT2D eigenvalue weighted by Gasteiger charge is 2.45. The van der Waals surface area contributed by atoms with E-state index in [2.05, 4.69) is 30.3 Å². The van der Waals surface area contributed by atoms with Crippen LogP contribution >= 0.6 is 0 Å². The first kappa shape index (κ1) is 19.7. The molecule has 2 aromatic carbocycles. The van der Waals surface area contributed by atoms with Gasteiger partial charge in [0.25, 0.3) is 0 Å². The van der Waals surface area contributed by atoms with Crippen molar-refractivity contribution in [3.63, 3.8) is 0 Å². The molecule has 0 radical (unpaired) electrons. The summed E-state index contributed by atoms with van der Waals surface area (Å²) in [6, 6.07) is 18.5. The third-order valence-corrected chi connectivity index (χ3v) is 6.36. The normalized spacial score (nSPS) is 29.4. The number of nitrogens with zero attached hydrogens (tertiary/aromatic N) is 1. The van der Waals surface area contributed by atoms with E-state index in [1.807, 2.05) is 28.8 Å². The number of hydrogen-bond donors (Lipinski definition) is 4. The number of benzene rings is 2. The largest absolute Gasteiger partial charge is 0.394 e. The summed E-state index contributed by atoms with van der Waals surface area (Å²) in [4.78, 5) is 0. The average molecular weight is 409 g/mol. The molecule has 1 aromatic heterocycles. The van der Waals surface area contributed by atoms with Crippen LogP contribution < -0.4 is 0 Å². The molecule has 2 aliphatic rings. The number of para-hydroxylation sites is 1. The number of aliphatic hydroxyl groups excluding tert-OH is 4. The van der Waals surface area contributed by atoms with Crippen molar-refractivity contribution >= 4 is 10.9 Å². The first-order valence-electron chi connectivity index (χ1n) is 10.5. The molecule has 5 atom stereocenters. The molecule has 2 fully saturated rings. The highest BCUT2D eigenvalue weighted by atomic mass is 16.6. The van der Waals surface area contributed by atoms with E-state index in [1.54, 1.807) is 0 Å². The predicted octanol–water partition coefficient (Wildman–Crippen LogP) is 2.08. The maximum absolute atomic E-state index is 10.7. The van der Waals surface area contributed by atoms with E-state index in [0.29, 0.717) is 12.3 Å². The predicted molar refractivity (Wildman–Crippen MR) is 112 cm³/mol. The van der Waals surface area contributed by atoms with Gasteiger partial charge in [0.15, 0.2) is 6.23 Å². The fourth-order valence-electron chi connectivity index (χ4n) is 4.50. The van der Waals surface area contributed by atoms with Crippen LogP contribution in [0, 0.1) is 0 Å². The lowest BCUT2D eigenvalue weighted by Gasteiger charge is -2.41. The summed E-state index contributed by atoms with van der Waals surface area (Å²) in [6.07, 6.45) is -2.80. The maximum atomic E-state index is 10.7. The van der Waals surface area contributed by atoms with E-state index in [9.17, 15) is 20.4 Å². The third-order valence-electron chi connectivity index (χ3n) is 6.36. The molecule has 0 bridgehead atoms. The molecule has 1 saturated carbocycles. The van der Waals surface area contributed by atoms with Gasteiger partial charge >= 0.3 is 0 Å². The minimum Gasteiger partial charge on any atom is -0.394 e. The van der Waals surface area contributed by atoms with Crippen molar-refractivity contribution in [2.45, 2.75) is 55.8 Å². The Morgan fingerprint density at radius 3 is 2.33 bits per heavy atom. The second-order valence-electron chi connectivity index (χ2n) is 8.48. The van der Waals surface area contributed by atoms with E-state index in [0.717, 1.165) is 22.2 Å². The molecule has 0 spiro atoms. The average Bonchev–Trinajstić information content (AvgIpc) is 3.55. The van der Waals surface area contributed by atoms with Gasteiger partial charge in [0.2, 0.25) is 0 Å². The number of rotatable bonds is 5. The Kier molecular flexibility index (Phi) is 5.13. The van der Waals surface area contributed by atoms with Crippen LogP contribution in [0.2, 0.25) is 0 Å². The topological polar surface area (TPSA) is 95.1 Å². The molecule has 0 unspecified atom stereocenters. The van der Waals surface area contributed by atoms with Gasteiger partial charge in [-0.1, -0.05) is 42.5 Å². The molecule has 4 N–H and O–H groups in total. The van der Waals surface area contributed by atoms with Gasteiger partial charge in [0, 0.05) is 12.1 Å². The van der Waals surface area contributed by atoms with Crippen LogP contribution in [0.5, 0.6) is 0 Å². The highest BCUT2D eigenvalue weighted by molar-refractivity contribution is 5.81. The van der Waals surface area contributed by atoms with E-state index in [4.69, 9.17) is 4.74 Å². The van der Waals surface area contributed by atoms with E-state index in [-0.39, 0.29) is 0 Å². The lowest BCUT2D eigenvalue weighted by Crippen LogP contribution is -2.56. The zero-order chi connectivity index (χ0) is 20.8. The quantitative estimate of drug-likeness (QED) is 0.518. The molecule has 6 nitrogen and oxygen atoms in total. The minimum atomic E-state index is -1.41. The molecule has 2 heterocycles. The number of aromatic nitrogens is 1. The Morgan fingerprint density at radius 1 is 0.900 bits per heavy atom. The summed E-state index contributed by atoms with van der Waals surface area (Å²) < 4.78 is 7.75. The summed E-state index contributed by atoms with van der Waals surface area (Å²) in [5, 5.41) is 41.8. The van der Waals surface area contributed by atoms with Crippen molar-refractivity contribution in [1.29, 1.82) is 0 Å². The number of fused-ring (bicyclic) bond motifs is 1. The Labute approximate surface area is 175 Å². The highest BCUT2D eigenvalue weighted by Crippen LogP contribution is 2.40. The SMILES string of the molecule is OC[C@H]1O[C@@H](n2c(Cc3ccc(C4CC4)cc3)cc3ccccc32)[C@H](O)[C@@H](O)[C@@H]1O. The van der Waals surface area contributed by atoms with Crippen LogP contribution in [0.15, 0.2) is 54.6 Å². The van der Waals surface area contributed by atoms with Crippen molar-refractivity contribution < 1.29 is 25.2 Å². The van der Waals surface area contributed by atoms with Gasteiger partial charge in [-0.2, -0.15) is 0 Å². The fourth-order valence-corrected chi connectivity index (χ4v) is 4.50. The molecule has 1 aliphatic heterocycles. The second-order valence-corrected chi connectivity index (χ2v) is 8.48. The van der Waals surface area contributed by atoms with Gasteiger partial charge in [0.05, 0.1) is 12.1 Å². The molecular formula is C24H27NO5. The zero-order valence-corrected chi connectivity index (χ0v) is 16.6. The molecule has 0 amide bonds. The maximum Gasteiger partial charge on any atom is 0.163 e. The third kappa shape index (κ3) is 3.45. The molecule has 30 heavy (non-hydrogen) atoms. The Balaban J connectivity index is 1.53. The number of aliphatic hydroxyl groups is 4. The van der Waals surface area contributed by atoms with Crippen LogP contribution in [-0.4, -0.2) is 56.0 Å². The molecule has 158 valence electrons. The Morgan fingerprint density at radius 2 is 1.63 bits per heavy atom. The first-order chi connectivity index (χ1) is 14.6. The van der Waals surface area contributed by atoms with Crippen LogP contribution in [0.1, 0.15) is 41.8 Å². The van der Waals surface area contributed by atoms with E-state index >= 15 is 0 Å². The van der Waals surface area contributed by atoms with Gasteiger partial charge < -0.3 is 29.7 Å². The Bertz CT molecular complexity index is 1020. The van der Waals surface area contributed by atoms with Gasteiger partial charge in [-0.15, -0.1) is 0 Å². The Hall–Kier alpha value is -2.22. The monoisotopic (exact) mass is 409 g/mol. The first-order valence-corrected chi connectivity index (χ1v) is 10.5. The van der Waals surface area contributed by atoms with Crippen molar-refractivity contribution in [2.75, 3.05) is 6.61 Å². The van der Waals surface area contributed by atoms with Gasteiger partial charge in [-0.25, -0.2) is 0 Å². The summed E-state index contributed by atoms with van der Waals surface area (Å²) in [5.41, 5.74) is 4.33. The molecule has 3 aromatic rings. The molecule has 1 aliphatic carbocycles. The van der Waals surface area contributed by atoms with Crippen LogP contribution in [0.4, 0.5) is 0 Å². The second kappa shape index (κ2) is 7.80. The fraction of sp³-hybridized carbons (Fsp3) is 0.417. The van der Waals surface area contributed by atoms with Crippen molar-refractivity contribution in [3.8, 4) is 0 Å². The minimum absolute atomic E-state index is 0.446. The number of hydrogen-bond acceptors (Lipinski definition) is 5. The summed E-state index contributed by atoms with van der Waals surface area (Å²) in [7, 11) is 0. The van der Waals surface area contributed by atoms with Crippen LogP contribution in [0.3, 0.4) is 0 Å². The van der Waals surface area contributed by atoms with Gasteiger partial charge in [0.1, 0.15) is 24.4 Å². The molecule has 6 heteroatoms. The lowest BCUT2D eigenvalue weighted by molar-refractivity contribution is -0.250. The van der Waals surface area contributed by atoms with Crippen LogP contribution in [-0.2, 0) is 11.2 Å². The van der Waals surface area contributed by atoms with Crippen LogP contribution in [0.25, 0.3) is 10.9 Å². The summed E-state index contributed by atoms with van der Waals surface area (Å²) in [6.45, 7) is -0.446. The molecule has 1 saturated heterocycles. The smallest absolute Gasteiger partial charge is 0.163 e. The molecular weight excluding hydrogens is 382 g/mol. The lowest BCUT2D eigenvalue weighted by atomic mass is 9.98. The van der Waals surface area contributed by atoms with E-state index in [1.165, 1.54) is 18.4 Å². The van der Waals surface area contributed by atoms with Gasteiger partial charge in [-0.05, 0) is 47.4 Å². The number of ether oxygens (including phenoxy) is 1. The summed E-state index contributed by atoms with van der Waals surface area (Å²) >= 11 is 0. The molecule has 5 rings (SSSR count). The van der Waals surface area contributed by atoms with Gasteiger partial charge in [-0.3, -0.25) is 0 Å². The standard InChI is InChI=1S/C24H27NO5/c26-13-20-21(27)22(28)23(29)24(30-20)25-18(12-17-3-1-2-4-19(17)25)11-14-5-7-15(8-6-14)16-9-10-16/h1-8,12,16,20-24,26-29H,9-11,13H2/t20-,21-,22+,23-,24-/m1/s1. The van der Waals surface area contributed by atoms with E-state index < -0.39 is 37.3 Å². The summed E-state index contributed by atoms with van der Waals surface area (Å²) in [5.74, 6) is 0.708. The van der Waals surface area contributed by atoms with Crippen molar-refractivity contribution in [2.24, 2.45) is 0 Å². The van der Waals surface area contributed by atoms with Crippen molar-refractivity contribution in [3.05, 3.63) is 71.4 Å².